The fourth-order valence-corrected chi connectivity index (χ4v) is 10.5. The van der Waals surface area contributed by atoms with Crippen molar-refractivity contribution < 1.29 is 41.7 Å². The quantitative estimate of drug-likeness (QED) is 0.201. The van der Waals surface area contributed by atoms with Crippen molar-refractivity contribution in [2.75, 3.05) is 26.8 Å². The Labute approximate surface area is 305 Å². The first-order valence-corrected chi connectivity index (χ1v) is 18.9. The van der Waals surface area contributed by atoms with E-state index in [1.54, 1.807) is 13.3 Å². The monoisotopic (exact) mass is 741 g/mol. The van der Waals surface area contributed by atoms with Gasteiger partial charge in [-0.2, -0.15) is 8.78 Å². The Balaban J connectivity index is 1.07. The minimum Gasteiger partial charge on any atom is -0.490 e. The topological polar surface area (TPSA) is 119 Å². The molecule has 0 radical (unpaired) electrons. The summed E-state index contributed by atoms with van der Waals surface area (Å²) in [6, 6.07) is 5.51. The third-order valence-electron chi connectivity index (χ3n) is 12.8. The van der Waals surface area contributed by atoms with Crippen molar-refractivity contribution >= 4 is 22.8 Å². The van der Waals surface area contributed by atoms with Crippen LogP contribution in [0.1, 0.15) is 93.7 Å². The second-order valence-corrected chi connectivity index (χ2v) is 16.5. The highest BCUT2D eigenvalue weighted by molar-refractivity contribution is 6.00. The van der Waals surface area contributed by atoms with Crippen molar-refractivity contribution in [3.05, 3.63) is 41.9 Å². The molecule has 1 saturated heterocycles. The van der Waals surface area contributed by atoms with Crippen LogP contribution in [0.2, 0.25) is 0 Å². The summed E-state index contributed by atoms with van der Waals surface area (Å²) >= 11 is 0. The summed E-state index contributed by atoms with van der Waals surface area (Å²) < 4.78 is 71.4. The number of carbonyl (C=O) groups excluding carboxylic acids is 1. The number of aromatic nitrogens is 3. The summed E-state index contributed by atoms with van der Waals surface area (Å²) in [6.07, 6.45) is 9.75. The fraction of sp³-hybridized carbons (Fsp3) is 0.641. The second-order valence-electron chi connectivity index (χ2n) is 16.5. The molecular formula is C39H47F4N5O5. The Morgan fingerprint density at radius 2 is 1.72 bits per heavy atom. The molecule has 53 heavy (non-hydrogen) atoms. The maximum atomic E-state index is 15.4. The van der Waals surface area contributed by atoms with Crippen LogP contribution in [0.3, 0.4) is 0 Å². The molecule has 6 fully saturated rings. The SMILES string of the molecule is COC[C@H](C)n1cc(-c2ncc(C(=O)NC3(C(=O)O)C4CC5CC(C4)CC3C5)c(C(C)(F)F)n2)c2ccc(OC3CCC(N4CC(F)(F)C4)CC3)cc21. The number of fused-ring (bicyclic) bond motifs is 1. The number of methoxy groups -OCH3 is 1. The van der Waals surface area contributed by atoms with Crippen LogP contribution in [0.15, 0.2) is 30.6 Å². The van der Waals surface area contributed by atoms with Gasteiger partial charge in [-0.3, -0.25) is 9.69 Å². The molecule has 3 heterocycles. The van der Waals surface area contributed by atoms with Gasteiger partial charge in [0.05, 0.1) is 42.9 Å². The van der Waals surface area contributed by atoms with Crippen molar-refractivity contribution in [3.63, 3.8) is 0 Å². The molecule has 10 nitrogen and oxygen atoms in total. The van der Waals surface area contributed by atoms with E-state index in [1.165, 1.54) is 0 Å². The zero-order chi connectivity index (χ0) is 37.4. The Hall–Kier alpha value is -3.78. The molecule has 286 valence electrons. The number of carboxylic acids is 1. The first-order chi connectivity index (χ1) is 25.1. The van der Waals surface area contributed by atoms with Crippen LogP contribution >= 0.6 is 0 Å². The van der Waals surface area contributed by atoms with Gasteiger partial charge in [0.25, 0.3) is 17.8 Å². The number of halogens is 4. The molecule has 14 heteroatoms. The van der Waals surface area contributed by atoms with Gasteiger partial charge in [-0.1, -0.05) is 0 Å². The molecule has 1 atom stereocenters. The van der Waals surface area contributed by atoms with Gasteiger partial charge in [-0.25, -0.2) is 23.5 Å². The highest BCUT2D eigenvalue weighted by Crippen LogP contribution is 2.58. The lowest BCUT2D eigenvalue weighted by atomic mass is 9.48. The molecule has 4 bridgehead atoms. The van der Waals surface area contributed by atoms with Crippen LogP contribution in [0.5, 0.6) is 5.75 Å². The number of alkyl halides is 4. The highest BCUT2D eigenvalue weighted by atomic mass is 19.3. The molecule has 9 rings (SSSR count). The Morgan fingerprint density at radius 3 is 2.30 bits per heavy atom. The number of aliphatic carboxylic acids is 1. The summed E-state index contributed by atoms with van der Waals surface area (Å²) in [5.41, 5.74) is -1.51. The number of hydrogen-bond acceptors (Lipinski definition) is 7. The second kappa shape index (κ2) is 13.2. The molecule has 1 amide bonds. The van der Waals surface area contributed by atoms with Crippen LogP contribution in [-0.2, 0) is 15.5 Å². The van der Waals surface area contributed by atoms with Crippen molar-refractivity contribution in [2.24, 2.45) is 23.7 Å². The lowest BCUT2D eigenvalue weighted by molar-refractivity contribution is -0.163. The maximum absolute atomic E-state index is 15.4. The summed E-state index contributed by atoms with van der Waals surface area (Å²) in [4.78, 5) is 37.4. The largest absolute Gasteiger partial charge is 0.490 e. The molecule has 2 N–H and O–H groups in total. The number of rotatable bonds is 11. The van der Waals surface area contributed by atoms with Crippen molar-refractivity contribution in [1.82, 2.24) is 24.8 Å². The van der Waals surface area contributed by atoms with Crippen LogP contribution in [-0.4, -0.2) is 86.8 Å². The zero-order valence-electron chi connectivity index (χ0n) is 30.3. The number of likely N-dealkylation sites (tertiary alicyclic amines) is 1. The van der Waals surface area contributed by atoms with Crippen LogP contribution in [0.25, 0.3) is 22.3 Å². The Bertz CT molecular complexity index is 1870. The molecule has 0 spiro atoms. The van der Waals surface area contributed by atoms with Gasteiger partial charge in [0.15, 0.2) is 5.82 Å². The van der Waals surface area contributed by atoms with Gasteiger partial charge in [0.2, 0.25) is 0 Å². The first kappa shape index (κ1) is 36.2. The number of ether oxygens (including phenoxy) is 2. The highest BCUT2D eigenvalue weighted by Gasteiger charge is 2.62. The number of hydrogen-bond donors (Lipinski definition) is 2. The molecule has 3 aromatic rings. The molecule has 5 saturated carbocycles. The predicted molar refractivity (Wildman–Crippen MR) is 187 cm³/mol. The molecule has 5 aliphatic carbocycles. The van der Waals surface area contributed by atoms with E-state index in [9.17, 15) is 23.5 Å². The van der Waals surface area contributed by atoms with E-state index >= 15 is 8.78 Å². The van der Waals surface area contributed by atoms with Crippen LogP contribution < -0.4 is 10.1 Å². The van der Waals surface area contributed by atoms with Gasteiger partial charge in [0.1, 0.15) is 17.0 Å². The number of carbonyl (C=O) groups is 2. The van der Waals surface area contributed by atoms with E-state index in [0.717, 1.165) is 43.8 Å². The van der Waals surface area contributed by atoms with E-state index in [1.807, 2.05) is 34.6 Å². The van der Waals surface area contributed by atoms with Gasteiger partial charge in [0, 0.05) is 49.5 Å². The average molecular weight is 742 g/mol. The van der Waals surface area contributed by atoms with Crippen LogP contribution in [0.4, 0.5) is 17.6 Å². The predicted octanol–water partition coefficient (Wildman–Crippen LogP) is 7.07. The summed E-state index contributed by atoms with van der Waals surface area (Å²) in [7, 11) is 1.59. The van der Waals surface area contributed by atoms with E-state index in [-0.39, 0.29) is 48.9 Å². The lowest BCUT2D eigenvalue weighted by Gasteiger charge is -2.59. The Kier molecular flexibility index (Phi) is 9.02. The minimum atomic E-state index is -3.54. The number of benzene rings is 1. The number of amides is 1. The average Bonchev–Trinajstić information content (AvgIpc) is 3.47. The first-order valence-electron chi connectivity index (χ1n) is 18.9. The van der Waals surface area contributed by atoms with E-state index < -0.39 is 40.5 Å². The third kappa shape index (κ3) is 6.47. The zero-order valence-corrected chi connectivity index (χ0v) is 30.3. The summed E-state index contributed by atoms with van der Waals surface area (Å²) in [5, 5.41) is 14.0. The number of nitrogens with zero attached hydrogens (tertiary/aromatic N) is 4. The Morgan fingerprint density at radius 1 is 1.06 bits per heavy atom. The number of nitrogens with one attached hydrogen (secondary N) is 1. The summed E-state index contributed by atoms with van der Waals surface area (Å²) in [5.74, 6) is -7.16. The maximum Gasteiger partial charge on any atom is 0.330 e. The van der Waals surface area contributed by atoms with Crippen LogP contribution in [0, 0.1) is 23.7 Å². The number of carboxylic acid groups (broad SMARTS) is 1. The summed E-state index contributed by atoms with van der Waals surface area (Å²) in [6.45, 7) is 2.64. The van der Waals surface area contributed by atoms with E-state index in [2.05, 4.69) is 15.3 Å². The van der Waals surface area contributed by atoms with Crippen molar-refractivity contribution in [3.8, 4) is 17.1 Å². The minimum absolute atomic E-state index is 0.00224. The molecule has 2 aromatic heterocycles. The molecule has 1 aliphatic heterocycles. The molecule has 6 aliphatic rings. The van der Waals surface area contributed by atoms with E-state index in [4.69, 9.17) is 9.47 Å². The normalized spacial score (nSPS) is 31.3. The van der Waals surface area contributed by atoms with Gasteiger partial charge >= 0.3 is 5.97 Å². The van der Waals surface area contributed by atoms with Gasteiger partial charge < -0.3 is 24.5 Å². The van der Waals surface area contributed by atoms with Gasteiger partial charge in [-0.05, 0) is 101 Å². The lowest BCUT2D eigenvalue weighted by Crippen LogP contribution is -2.70. The van der Waals surface area contributed by atoms with Crippen molar-refractivity contribution in [1.29, 1.82) is 0 Å². The van der Waals surface area contributed by atoms with Gasteiger partial charge in [-0.15, -0.1) is 0 Å². The molecule has 0 unspecified atom stereocenters. The van der Waals surface area contributed by atoms with E-state index in [0.29, 0.717) is 67.7 Å². The van der Waals surface area contributed by atoms with Crippen molar-refractivity contribution in [2.45, 2.75) is 107 Å². The third-order valence-corrected chi connectivity index (χ3v) is 12.8. The standard InChI is InChI=1S/C39H47F4N5O5/c1-21(18-52-3)48-17-31(29-9-8-28(15-32(29)48)53-27-6-4-26(5-7-27)47-19-38(42,43)20-47)34-44-16-30(33(45-34)37(2,40)41)35(49)46-39(36(50)51)24-11-22-10-23(13-24)14-25(39)12-22/h8-9,15-17,21-27H,4-7,10-14,18-20H2,1-3H3,(H,46,49)(H,50,51)/t21-,22?,23?,24?,25?,26?,27?,39?/m0/s1. The molecule has 1 aromatic carbocycles. The smallest absolute Gasteiger partial charge is 0.330 e. The fourth-order valence-electron chi connectivity index (χ4n) is 10.5. The molecular weight excluding hydrogens is 694 g/mol.